The summed E-state index contributed by atoms with van der Waals surface area (Å²) in [4.78, 5) is 20.4. The molecule has 10 heteroatoms. The summed E-state index contributed by atoms with van der Waals surface area (Å²) in [6.07, 6.45) is 6.63. The van der Waals surface area contributed by atoms with Crippen LogP contribution in [0, 0.1) is 11.8 Å². The van der Waals surface area contributed by atoms with Crippen LogP contribution in [-0.4, -0.2) is 61.6 Å². The third kappa shape index (κ3) is 5.94. The summed E-state index contributed by atoms with van der Waals surface area (Å²) < 4.78 is 17.5. The molecule has 0 radical (unpaired) electrons. The molecular formula is C24H31N7O2S. The topological polar surface area (TPSA) is 105 Å². The van der Waals surface area contributed by atoms with Crippen molar-refractivity contribution in [1.29, 1.82) is 0 Å². The van der Waals surface area contributed by atoms with E-state index in [0.717, 1.165) is 32.8 Å². The number of fused-ring (bicyclic) bond motifs is 1. The molecule has 5 heterocycles. The SMILES string of the molecule is CC.CS(=O)c1cccnc1Nc1cc(Nc2ccc(CN3CC4COCC4C3)cn2)ncn1. The molecule has 0 aliphatic carbocycles. The Morgan fingerprint density at radius 1 is 1.00 bits per heavy atom. The van der Waals surface area contributed by atoms with Crippen LogP contribution in [-0.2, 0) is 22.1 Å². The van der Waals surface area contributed by atoms with E-state index in [4.69, 9.17) is 4.74 Å². The van der Waals surface area contributed by atoms with E-state index in [-0.39, 0.29) is 0 Å². The van der Waals surface area contributed by atoms with Gasteiger partial charge in [0.2, 0.25) is 0 Å². The Balaban J connectivity index is 0.00000133. The van der Waals surface area contributed by atoms with Gasteiger partial charge in [-0.05, 0) is 23.8 Å². The lowest BCUT2D eigenvalue weighted by Crippen LogP contribution is -2.22. The Bertz CT molecular complexity index is 1100. The fourth-order valence-corrected chi connectivity index (χ4v) is 4.87. The van der Waals surface area contributed by atoms with Crippen molar-refractivity contribution >= 4 is 34.1 Å². The number of ether oxygens (including phenoxy) is 1. The summed E-state index contributed by atoms with van der Waals surface area (Å²) in [6, 6.07) is 9.35. The van der Waals surface area contributed by atoms with Crippen LogP contribution in [0.2, 0.25) is 0 Å². The fourth-order valence-electron chi connectivity index (χ4n) is 4.23. The first-order chi connectivity index (χ1) is 16.6. The van der Waals surface area contributed by atoms with Crippen LogP contribution < -0.4 is 10.6 Å². The molecule has 0 spiro atoms. The van der Waals surface area contributed by atoms with Gasteiger partial charge in [-0.25, -0.2) is 19.9 Å². The monoisotopic (exact) mass is 481 g/mol. The summed E-state index contributed by atoms with van der Waals surface area (Å²) in [5, 5.41) is 6.32. The van der Waals surface area contributed by atoms with E-state index in [1.54, 1.807) is 30.7 Å². The van der Waals surface area contributed by atoms with Crippen LogP contribution in [0.3, 0.4) is 0 Å². The summed E-state index contributed by atoms with van der Waals surface area (Å²) in [7, 11) is -1.16. The molecule has 9 nitrogen and oxygen atoms in total. The van der Waals surface area contributed by atoms with Crippen molar-refractivity contribution in [3.8, 4) is 0 Å². The molecule has 5 rings (SSSR count). The minimum absolute atomic E-state index is 0.512. The summed E-state index contributed by atoms with van der Waals surface area (Å²) >= 11 is 0. The average Bonchev–Trinajstić information content (AvgIpc) is 3.44. The lowest BCUT2D eigenvalue weighted by molar-refractivity contribution is 0.153. The molecule has 0 bridgehead atoms. The smallest absolute Gasteiger partial charge is 0.147 e. The van der Waals surface area contributed by atoms with Crippen LogP contribution in [0.5, 0.6) is 0 Å². The maximum atomic E-state index is 11.9. The molecule has 0 amide bonds. The molecule has 2 N–H and O–H groups in total. The van der Waals surface area contributed by atoms with E-state index in [1.165, 1.54) is 11.9 Å². The Morgan fingerprint density at radius 3 is 2.41 bits per heavy atom. The molecule has 2 aliphatic rings. The maximum Gasteiger partial charge on any atom is 0.147 e. The second-order valence-corrected chi connectivity index (χ2v) is 9.49. The number of hydrogen-bond acceptors (Lipinski definition) is 9. The van der Waals surface area contributed by atoms with E-state index in [0.29, 0.717) is 40.0 Å². The third-order valence-electron chi connectivity index (χ3n) is 5.80. The van der Waals surface area contributed by atoms with Crippen molar-refractivity contribution in [2.45, 2.75) is 25.3 Å². The average molecular weight is 482 g/mol. The molecular weight excluding hydrogens is 450 g/mol. The number of rotatable bonds is 7. The molecule has 0 aromatic carbocycles. The first kappa shape index (κ1) is 24.2. The van der Waals surface area contributed by atoms with Crippen molar-refractivity contribution in [1.82, 2.24) is 24.8 Å². The first-order valence-electron chi connectivity index (χ1n) is 11.5. The van der Waals surface area contributed by atoms with Crippen molar-refractivity contribution in [2.75, 3.05) is 43.2 Å². The standard InChI is InChI=1S/C22H25N7O2S.C2H6/c1-32(30)18-3-2-6-23-22(18)28-21-7-20(25-14-26-21)27-19-5-4-15(8-24-19)9-29-10-16-12-31-13-17(16)11-29;1-2/h2-8,14,16-17H,9-13H2,1H3,(H2,23,24,25,26,27,28);1-2H3. The third-order valence-corrected chi connectivity index (χ3v) is 6.75. The number of likely N-dealkylation sites (tertiary alicyclic amines) is 1. The van der Waals surface area contributed by atoms with E-state index in [1.807, 2.05) is 26.1 Å². The summed E-state index contributed by atoms with van der Waals surface area (Å²) in [5.41, 5.74) is 1.19. The molecule has 3 atom stereocenters. The van der Waals surface area contributed by atoms with Gasteiger partial charge in [0.25, 0.3) is 0 Å². The van der Waals surface area contributed by atoms with E-state index >= 15 is 0 Å². The molecule has 2 fully saturated rings. The highest BCUT2D eigenvalue weighted by molar-refractivity contribution is 7.84. The van der Waals surface area contributed by atoms with Crippen LogP contribution in [0.1, 0.15) is 19.4 Å². The minimum Gasteiger partial charge on any atom is -0.381 e. The van der Waals surface area contributed by atoms with E-state index in [2.05, 4.69) is 41.5 Å². The molecule has 180 valence electrons. The van der Waals surface area contributed by atoms with Gasteiger partial charge >= 0.3 is 0 Å². The van der Waals surface area contributed by atoms with Crippen LogP contribution in [0.25, 0.3) is 0 Å². The van der Waals surface area contributed by atoms with Crippen molar-refractivity contribution < 1.29 is 8.95 Å². The van der Waals surface area contributed by atoms with Gasteiger partial charge in [-0.2, -0.15) is 0 Å². The maximum absolute atomic E-state index is 11.9. The summed E-state index contributed by atoms with van der Waals surface area (Å²) in [5.74, 6) is 3.74. The summed E-state index contributed by atoms with van der Waals surface area (Å²) in [6.45, 7) is 8.91. The van der Waals surface area contributed by atoms with Gasteiger partial charge in [-0.3, -0.25) is 9.11 Å². The number of pyridine rings is 2. The Morgan fingerprint density at radius 2 is 1.74 bits per heavy atom. The first-order valence-corrected chi connectivity index (χ1v) is 13.1. The van der Waals surface area contributed by atoms with Gasteiger partial charge in [0.15, 0.2) is 0 Å². The van der Waals surface area contributed by atoms with Crippen molar-refractivity contribution in [2.24, 2.45) is 11.8 Å². The second kappa shape index (κ2) is 11.5. The van der Waals surface area contributed by atoms with Crippen LogP contribution >= 0.6 is 0 Å². The molecule has 3 aromatic heterocycles. The van der Waals surface area contributed by atoms with E-state index < -0.39 is 10.8 Å². The van der Waals surface area contributed by atoms with Gasteiger partial charge in [0.05, 0.1) is 28.9 Å². The fraction of sp³-hybridized carbons (Fsp3) is 0.417. The van der Waals surface area contributed by atoms with Crippen molar-refractivity contribution in [3.05, 3.63) is 54.6 Å². The zero-order valence-electron chi connectivity index (χ0n) is 19.8. The number of nitrogens with zero attached hydrogens (tertiary/aromatic N) is 5. The van der Waals surface area contributed by atoms with Gasteiger partial charge < -0.3 is 15.4 Å². The van der Waals surface area contributed by atoms with Gasteiger partial charge in [-0.15, -0.1) is 0 Å². The number of anilines is 4. The highest BCUT2D eigenvalue weighted by Crippen LogP contribution is 2.30. The molecule has 3 aromatic rings. The zero-order valence-corrected chi connectivity index (χ0v) is 20.6. The van der Waals surface area contributed by atoms with Gasteiger partial charge in [0.1, 0.15) is 29.6 Å². The van der Waals surface area contributed by atoms with Crippen LogP contribution in [0.15, 0.2) is 53.9 Å². The highest BCUT2D eigenvalue weighted by Gasteiger charge is 2.36. The molecule has 2 aliphatic heterocycles. The largest absolute Gasteiger partial charge is 0.381 e. The Kier molecular flexibility index (Phi) is 8.15. The normalized spacial score (nSPS) is 20.2. The predicted molar refractivity (Wildman–Crippen MR) is 134 cm³/mol. The minimum atomic E-state index is -1.16. The predicted octanol–water partition coefficient (Wildman–Crippen LogP) is 3.60. The second-order valence-electron chi connectivity index (χ2n) is 8.15. The lowest BCUT2D eigenvalue weighted by Gasteiger charge is -2.16. The molecule has 0 saturated carbocycles. The number of hydrogen-bond donors (Lipinski definition) is 2. The van der Waals surface area contributed by atoms with Crippen LogP contribution in [0.4, 0.5) is 23.3 Å². The molecule has 2 saturated heterocycles. The quantitative estimate of drug-likeness (QED) is 0.524. The zero-order chi connectivity index (χ0) is 23.9. The van der Waals surface area contributed by atoms with Gasteiger partial charge in [0, 0.05) is 56.2 Å². The van der Waals surface area contributed by atoms with E-state index in [9.17, 15) is 4.21 Å². The molecule has 34 heavy (non-hydrogen) atoms. The Hall–Kier alpha value is -2.95. The number of aromatic nitrogens is 4. The lowest BCUT2D eigenvalue weighted by atomic mass is 10.0. The number of nitrogens with one attached hydrogen (secondary N) is 2. The Labute approximate surface area is 202 Å². The van der Waals surface area contributed by atoms with Crippen molar-refractivity contribution in [3.63, 3.8) is 0 Å². The molecule has 3 unspecified atom stereocenters. The van der Waals surface area contributed by atoms with Gasteiger partial charge in [-0.1, -0.05) is 19.9 Å². The highest BCUT2D eigenvalue weighted by atomic mass is 32.2.